The van der Waals surface area contributed by atoms with Crippen molar-refractivity contribution in [2.24, 2.45) is 0 Å². The van der Waals surface area contributed by atoms with E-state index >= 15 is 0 Å². The SMILES string of the molecule is COc1ccc(NC(=O)c2ccc(OC)c(C)c2OC)c(OC)c1. The van der Waals surface area contributed by atoms with Crippen molar-refractivity contribution in [1.82, 2.24) is 0 Å². The number of carbonyl (C=O) groups excluding carboxylic acids is 1. The first kappa shape index (κ1) is 17.5. The van der Waals surface area contributed by atoms with E-state index in [9.17, 15) is 4.79 Å². The van der Waals surface area contributed by atoms with E-state index in [0.29, 0.717) is 34.2 Å². The summed E-state index contributed by atoms with van der Waals surface area (Å²) in [5.74, 6) is 1.97. The zero-order valence-corrected chi connectivity index (χ0v) is 14.4. The van der Waals surface area contributed by atoms with Crippen LogP contribution in [0.2, 0.25) is 0 Å². The number of anilines is 1. The molecule has 2 aromatic carbocycles. The Kier molecular flexibility index (Phi) is 5.52. The average molecular weight is 331 g/mol. The van der Waals surface area contributed by atoms with Crippen LogP contribution in [0.3, 0.4) is 0 Å². The molecule has 0 fully saturated rings. The summed E-state index contributed by atoms with van der Waals surface area (Å²) in [6.45, 7) is 1.84. The Hall–Kier alpha value is -2.89. The highest BCUT2D eigenvalue weighted by Crippen LogP contribution is 2.33. The summed E-state index contributed by atoms with van der Waals surface area (Å²) in [5, 5.41) is 2.83. The Labute approximate surface area is 141 Å². The Morgan fingerprint density at radius 1 is 0.875 bits per heavy atom. The van der Waals surface area contributed by atoms with Gasteiger partial charge in [0.2, 0.25) is 0 Å². The molecular weight excluding hydrogens is 310 g/mol. The number of hydrogen-bond acceptors (Lipinski definition) is 5. The summed E-state index contributed by atoms with van der Waals surface area (Å²) in [5.41, 5.74) is 1.71. The van der Waals surface area contributed by atoms with Crippen molar-refractivity contribution in [2.45, 2.75) is 6.92 Å². The zero-order chi connectivity index (χ0) is 17.7. The summed E-state index contributed by atoms with van der Waals surface area (Å²) in [4.78, 5) is 12.6. The first-order valence-electron chi connectivity index (χ1n) is 7.30. The molecule has 2 aromatic rings. The first-order chi connectivity index (χ1) is 11.5. The van der Waals surface area contributed by atoms with Crippen LogP contribution in [0.1, 0.15) is 15.9 Å². The smallest absolute Gasteiger partial charge is 0.259 e. The lowest BCUT2D eigenvalue weighted by atomic mass is 10.1. The summed E-state index contributed by atoms with van der Waals surface area (Å²) < 4.78 is 21.1. The molecule has 128 valence electrons. The van der Waals surface area contributed by atoms with Crippen LogP contribution in [0.4, 0.5) is 5.69 Å². The van der Waals surface area contributed by atoms with E-state index in [1.807, 2.05) is 6.92 Å². The van der Waals surface area contributed by atoms with E-state index < -0.39 is 0 Å². The standard InChI is InChI=1S/C18H21NO5/c1-11-15(22-3)9-7-13(17(11)24-5)18(20)19-14-8-6-12(21-2)10-16(14)23-4/h6-10H,1-5H3,(H,19,20). The van der Waals surface area contributed by atoms with Gasteiger partial charge in [0.25, 0.3) is 5.91 Å². The van der Waals surface area contributed by atoms with Gasteiger partial charge in [-0.1, -0.05) is 0 Å². The fourth-order valence-electron chi connectivity index (χ4n) is 2.43. The number of rotatable bonds is 6. The van der Waals surface area contributed by atoms with Crippen LogP contribution < -0.4 is 24.3 Å². The van der Waals surface area contributed by atoms with Crippen molar-refractivity contribution in [3.05, 3.63) is 41.5 Å². The maximum Gasteiger partial charge on any atom is 0.259 e. The molecule has 6 nitrogen and oxygen atoms in total. The van der Waals surface area contributed by atoms with Gasteiger partial charge in [0.1, 0.15) is 23.0 Å². The van der Waals surface area contributed by atoms with E-state index in [2.05, 4.69) is 5.32 Å². The quantitative estimate of drug-likeness (QED) is 0.880. The summed E-state index contributed by atoms with van der Waals surface area (Å²) >= 11 is 0. The van der Waals surface area contributed by atoms with Gasteiger partial charge in [-0.05, 0) is 31.2 Å². The van der Waals surface area contributed by atoms with E-state index in [1.165, 1.54) is 14.2 Å². The Morgan fingerprint density at radius 3 is 2.17 bits per heavy atom. The van der Waals surface area contributed by atoms with Gasteiger partial charge in [0.15, 0.2) is 0 Å². The molecular formula is C18H21NO5. The second kappa shape index (κ2) is 7.59. The van der Waals surface area contributed by atoms with Crippen molar-refractivity contribution < 1.29 is 23.7 Å². The monoisotopic (exact) mass is 331 g/mol. The van der Waals surface area contributed by atoms with Crippen LogP contribution in [-0.2, 0) is 0 Å². The molecule has 0 aliphatic rings. The van der Waals surface area contributed by atoms with Gasteiger partial charge < -0.3 is 24.3 Å². The van der Waals surface area contributed by atoms with E-state index in [4.69, 9.17) is 18.9 Å². The van der Waals surface area contributed by atoms with Crippen molar-refractivity contribution in [3.8, 4) is 23.0 Å². The molecule has 1 N–H and O–H groups in total. The minimum absolute atomic E-state index is 0.305. The summed E-state index contributed by atoms with van der Waals surface area (Å²) in [6.07, 6.45) is 0. The average Bonchev–Trinajstić information content (AvgIpc) is 2.61. The first-order valence-corrected chi connectivity index (χ1v) is 7.30. The third-order valence-electron chi connectivity index (χ3n) is 3.68. The van der Waals surface area contributed by atoms with Gasteiger partial charge in [-0.25, -0.2) is 0 Å². The van der Waals surface area contributed by atoms with Gasteiger partial charge in [-0.15, -0.1) is 0 Å². The van der Waals surface area contributed by atoms with Crippen LogP contribution in [0.15, 0.2) is 30.3 Å². The zero-order valence-electron chi connectivity index (χ0n) is 14.4. The van der Waals surface area contributed by atoms with Gasteiger partial charge in [0, 0.05) is 11.6 Å². The molecule has 6 heteroatoms. The maximum absolute atomic E-state index is 12.6. The second-order valence-corrected chi connectivity index (χ2v) is 4.99. The normalized spacial score (nSPS) is 10.0. The lowest BCUT2D eigenvalue weighted by molar-refractivity contribution is 0.102. The molecule has 0 aromatic heterocycles. The lowest BCUT2D eigenvalue weighted by Gasteiger charge is -2.15. The summed E-state index contributed by atoms with van der Waals surface area (Å²) in [7, 11) is 6.19. The fourth-order valence-corrected chi connectivity index (χ4v) is 2.43. The van der Waals surface area contributed by atoms with E-state index in [0.717, 1.165) is 5.56 Å². The van der Waals surface area contributed by atoms with Crippen molar-refractivity contribution >= 4 is 11.6 Å². The summed E-state index contributed by atoms with van der Waals surface area (Å²) in [6, 6.07) is 8.56. The molecule has 0 heterocycles. The highest BCUT2D eigenvalue weighted by atomic mass is 16.5. The van der Waals surface area contributed by atoms with E-state index in [1.54, 1.807) is 44.6 Å². The molecule has 0 unspecified atom stereocenters. The van der Waals surface area contributed by atoms with Gasteiger partial charge in [-0.3, -0.25) is 4.79 Å². The largest absolute Gasteiger partial charge is 0.497 e. The highest BCUT2D eigenvalue weighted by molar-refractivity contribution is 6.07. The number of methoxy groups -OCH3 is 4. The Bertz CT molecular complexity index is 742. The highest BCUT2D eigenvalue weighted by Gasteiger charge is 2.18. The Balaban J connectivity index is 2.35. The number of ether oxygens (including phenoxy) is 4. The molecule has 0 atom stereocenters. The lowest BCUT2D eigenvalue weighted by Crippen LogP contribution is -2.14. The van der Waals surface area contributed by atoms with E-state index in [-0.39, 0.29) is 5.91 Å². The van der Waals surface area contributed by atoms with Gasteiger partial charge >= 0.3 is 0 Å². The Morgan fingerprint density at radius 2 is 1.58 bits per heavy atom. The number of amides is 1. The molecule has 0 saturated heterocycles. The number of benzene rings is 2. The minimum atomic E-state index is -0.305. The van der Waals surface area contributed by atoms with Gasteiger partial charge in [-0.2, -0.15) is 0 Å². The minimum Gasteiger partial charge on any atom is -0.497 e. The number of nitrogens with one attached hydrogen (secondary N) is 1. The van der Waals surface area contributed by atoms with Crippen molar-refractivity contribution in [1.29, 1.82) is 0 Å². The number of hydrogen-bond donors (Lipinski definition) is 1. The van der Waals surface area contributed by atoms with Gasteiger partial charge in [0.05, 0.1) is 39.7 Å². The van der Waals surface area contributed by atoms with Crippen LogP contribution in [0, 0.1) is 6.92 Å². The molecule has 0 bridgehead atoms. The third-order valence-corrected chi connectivity index (χ3v) is 3.68. The van der Waals surface area contributed by atoms with Crippen LogP contribution in [0.5, 0.6) is 23.0 Å². The molecule has 2 rings (SSSR count). The van der Waals surface area contributed by atoms with Crippen molar-refractivity contribution in [2.75, 3.05) is 33.8 Å². The molecule has 0 aliphatic carbocycles. The molecule has 0 aliphatic heterocycles. The molecule has 0 spiro atoms. The van der Waals surface area contributed by atoms with Crippen LogP contribution in [0.25, 0.3) is 0 Å². The van der Waals surface area contributed by atoms with Crippen molar-refractivity contribution in [3.63, 3.8) is 0 Å². The molecule has 24 heavy (non-hydrogen) atoms. The third kappa shape index (κ3) is 3.37. The molecule has 0 radical (unpaired) electrons. The van der Waals surface area contributed by atoms with Crippen LogP contribution in [-0.4, -0.2) is 34.3 Å². The second-order valence-electron chi connectivity index (χ2n) is 4.99. The van der Waals surface area contributed by atoms with Crippen LogP contribution >= 0.6 is 0 Å². The molecule has 1 amide bonds. The molecule has 0 saturated carbocycles. The maximum atomic E-state index is 12.6. The predicted molar refractivity (Wildman–Crippen MR) is 91.8 cm³/mol. The fraction of sp³-hybridized carbons (Fsp3) is 0.278. The predicted octanol–water partition coefficient (Wildman–Crippen LogP) is 3.28. The number of carbonyl (C=O) groups is 1. The topological polar surface area (TPSA) is 66.0 Å².